The van der Waals surface area contributed by atoms with Gasteiger partial charge >= 0.3 is 6.08 Å². The Hall–Kier alpha value is -0.990. The van der Waals surface area contributed by atoms with Crippen molar-refractivity contribution in [3.8, 4) is 6.08 Å². The topological polar surface area (TPSA) is 35.3 Å². The molecule has 0 spiro atoms. The van der Waals surface area contributed by atoms with Crippen LogP contribution in [0.15, 0.2) is 16.9 Å². The van der Waals surface area contributed by atoms with Crippen LogP contribution in [0.5, 0.6) is 6.08 Å². The molecule has 0 saturated carbocycles. The number of oxazole rings is 1. The van der Waals surface area contributed by atoms with Crippen LogP contribution in [0.2, 0.25) is 0 Å². The van der Waals surface area contributed by atoms with Gasteiger partial charge in [0.25, 0.3) is 0 Å². The lowest BCUT2D eigenvalue weighted by atomic mass is 11.0. The summed E-state index contributed by atoms with van der Waals surface area (Å²) in [5, 5.41) is 0. The maximum absolute atomic E-state index is 4.65. The van der Waals surface area contributed by atoms with Gasteiger partial charge in [0.15, 0.2) is 0 Å². The molecule has 0 aliphatic carbocycles. The molecule has 0 bridgehead atoms. The fourth-order valence-corrected chi connectivity index (χ4v) is 0.311. The van der Waals surface area contributed by atoms with Crippen molar-refractivity contribution in [1.29, 1.82) is 0 Å². The highest BCUT2D eigenvalue weighted by Crippen LogP contribution is 2.00. The summed E-state index contributed by atoms with van der Waals surface area (Å²) < 4.78 is 9.23. The van der Waals surface area contributed by atoms with Crippen molar-refractivity contribution in [2.45, 2.75) is 0 Å². The van der Waals surface area contributed by atoms with Crippen LogP contribution < -0.4 is 4.74 Å². The van der Waals surface area contributed by atoms with Crippen molar-refractivity contribution >= 4 is 0 Å². The molecule has 0 N–H and O–H groups in total. The third-order valence-electron chi connectivity index (χ3n) is 0.584. The molecule has 1 heterocycles. The van der Waals surface area contributed by atoms with Gasteiger partial charge in [-0.05, 0) is 0 Å². The standard InChI is InChI=1S/C4H5NO2/c1-6-4-5-2-3-7-4/h2-3H,1H3. The lowest BCUT2D eigenvalue weighted by molar-refractivity contribution is 0.290. The molecule has 0 aliphatic heterocycles. The van der Waals surface area contributed by atoms with Crippen LogP contribution in [0.1, 0.15) is 0 Å². The SMILES string of the molecule is COc1ncco1. The highest BCUT2D eigenvalue weighted by atomic mass is 16.6. The lowest BCUT2D eigenvalue weighted by Gasteiger charge is -1.83. The molecule has 3 nitrogen and oxygen atoms in total. The normalized spacial score (nSPS) is 8.71. The first kappa shape index (κ1) is 4.18. The Morgan fingerprint density at radius 2 is 2.71 bits per heavy atom. The summed E-state index contributed by atoms with van der Waals surface area (Å²) in [6.07, 6.45) is 3.29. The van der Waals surface area contributed by atoms with Gasteiger partial charge in [-0.3, -0.25) is 0 Å². The highest BCUT2D eigenvalue weighted by Gasteiger charge is 1.87. The van der Waals surface area contributed by atoms with E-state index in [4.69, 9.17) is 0 Å². The third-order valence-corrected chi connectivity index (χ3v) is 0.584. The van der Waals surface area contributed by atoms with E-state index >= 15 is 0 Å². The Kier molecular flexibility index (Phi) is 0.978. The van der Waals surface area contributed by atoms with Gasteiger partial charge < -0.3 is 9.15 Å². The minimum absolute atomic E-state index is 0.306. The zero-order chi connectivity index (χ0) is 5.11. The predicted octanol–water partition coefficient (Wildman–Crippen LogP) is 0.683. The Morgan fingerprint density at radius 3 is 3.00 bits per heavy atom. The molecule has 0 fully saturated rings. The molecular formula is C4H5NO2. The Morgan fingerprint density at radius 1 is 1.86 bits per heavy atom. The minimum Gasteiger partial charge on any atom is -0.454 e. The number of aromatic nitrogens is 1. The van der Waals surface area contributed by atoms with E-state index in [9.17, 15) is 0 Å². The van der Waals surface area contributed by atoms with Crippen molar-refractivity contribution in [2.24, 2.45) is 0 Å². The van der Waals surface area contributed by atoms with Crippen molar-refractivity contribution in [2.75, 3.05) is 7.11 Å². The molecule has 0 radical (unpaired) electrons. The van der Waals surface area contributed by atoms with Crippen molar-refractivity contribution < 1.29 is 9.15 Å². The van der Waals surface area contributed by atoms with Crippen LogP contribution >= 0.6 is 0 Å². The first-order chi connectivity index (χ1) is 3.43. The number of rotatable bonds is 1. The van der Waals surface area contributed by atoms with Crippen LogP contribution in [-0.2, 0) is 0 Å². The van der Waals surface area contributed by atoms with E-state index in [1.165, 1.54) is 19.6 Å². The number of hydrogen-bond donors (Lipinski definition) is 0. The molecule has 7 heavy (non-hydrogen) atoms. The summed E-state index contributed by atoms with van der Waals surface area (Å²) in [7, 11) is 1.51. The van der Waals surface area contributed by atoms with Crippen LogP contribution in [0, 0.1) is 0 Å². The molecule has 0 atom stereocenters. The lowest BCUT2D eigenvalue weighted by Crippen LogP contribution is -1.78. The van der Waals surface area contributed by atoms with Crippen LogP contribution in [0.4, 0.5) is 0 Å². The van der Waals surface area contributed by atoms with Crippen molar-refractivity contribution in [3.05, 3.63) is 12.5 Å². The Balaban J connectivity index is 2.76. The van der Waals surface area contributed by atoms with Crippen LogP contribution in [0.3, 0.4) is 0 Å². The van der Waals surface area contributed by atoms with Crippen LogP contribution in [0.25, 0.3) is 0 Å². The molecule has 0 aromatic carbocycles. The summed E-state index contributed by atoms with van der Waals surface area (Å²) in [6, 6.07) is 0. The smallest absolute Gasteiger partial charge is 0.393 e. The summed E-state index contributed by atoms with van der Waals surface area (Å²) in [4.78, 5) is 3.65. The quantitative estimate of drug-likeness (QED) is 0.519. The predicted molar refractivity (Wildman–Crippen MR) is 23.1 cm³/mol. The number of methoxy groups -OCH3 is 1. The van der Waals surface area contributed by atoms with Gasteiger partial charge in [0.05, 0.1) is 13.3 Å². The van der Waals surface area contributed by atoms with E-state index in [2.05, 4.69) is 14.1 Å². The third kappa shape index (κ3) is 0.707. The maximum Gasteiger partial charge on any atom is 0.393 e. The molecule has 38 valence electrons. The average Bonchev–Trinajstić information content (AvgIpc) is 2.14. The highest BCUT2D eigenvalue weighted by molar-refractivity contribution is 4.82. The molecule has 1 aromatic rings. The van der Waals surface area contributed by atoms with E-state index in [1.54, 1.807) is 0 Å². The fourth-order valence-electron chi connectivity index (χ4n) is 0.311. The van der Waals surface area contributed by atoms with E-state index in [0.717, 1.165) is 0 Å². The van der Waals surface area contributed by atoms with Gasteiger partial charge in [-0.25, -0.2) is 0 Å². The second kappa shape index (κ2) is 1.64. The molecule has 0 aliphatic rings. The minimum atomic E-state index is 0.306. The second-order valence-electron chi connectivity index (χ2n) is 1.00. The van der Waals surface area contributed by atoms with E-state index in [0.29, 0.717) is 6.08 Å². The average molecular weight is 99.1 g/mol. The first-order valence-electron chi connectivity index (χ1n) is 1.87. The zero-order valence-corrected chi connectivity index (χ0v) is 3.92. The summed E-state index contributed by atoms with van der Waals surface area (Å²) in [5.41, 5.74) is 0. The molecule has 3 heteroatoms. The number of ether oxygens (including phenoxy) is 1. The number of nitrogens with zero attached hydrogens (tertiary/aromatic N) is 1. The van der Waals surface area contributed by atoms with E-state index < -0.39 is 0 Å². The second-order valence-corrected chi connectivity index (χ2v) is 1.00. The Labute approximate surface area is 40.9 Å². The van der Waals surface area contributed by atoms with Gasteiger partial charge in [-0.15, -0.1) is 0 Å². The van der Waals surface area contributed by atoms with Gasteiger partial charge in [-0.2, -0.15) is 4.98 Å². The van der Waals surface area contributed by atoms with Gasteiger partial charge in [0, 0.05) is 0 Å². The molecule has 1 rings (SSSR count). The fraction of sp³-hybridized carbons (Fsp3) is 0.250. The van der Waals surface area contributed by atoms with E-state index in [1.807, 2.05) is 0 Å². The zero-order valence-electron chi connectivity index (χ0n) is 3.92. The van der Waals surface area contributed by atoms with Gasteiger partial charge in [0.2, 0.25) is 0 Å². The molecular weight excluding hydrogens is 94.0 g/mol. The largest absolute Gasteiger partial charge is 0.454 e. The summed E-state index contributed by atoms with van der Waals surface area (Å²) in [6.45, 7) is 0. The number of hydrogen-bond acceptors (Lipinski definition) is 3. The van der Waals surface area contributed by atoms with Crippen molar-refractivity contribution in [3.63, 3.8) is 0 Å². The molecule has 1 aromatic heterocycles. The maximum atomic E-state index is 4.65. The Bertz CT molecular complexity index is 124. The van der Waals surface area contributed by atoms with Crippen molar-refractivity contribution in [1.82, 2.24) is 4.98 Å². The van der Waals surface area contributed by atoms with E-state index in [-0.39, 0.29) is 0 Å². The molecule has 0 unspecified atom stereocenters. The molecule has 0 saturated heterocycles. The van der Waals surface area contributed by atoms with Gasteiger partial charge in [-0.1, -0.05) is 0 Å². The first-order valence-corrected chi connectivity index (χ1v) is 1.87. The molecule has 0 amide bonds. The summed E-state index contributed by atoms with van der Waals surface area (Å²) in [5.74, 6) is 0. The van der Waals surface area contributed by atoms with Crippen LogP contribution in [-0.4, -0.2) is 12.1 Å². The summed E-state index contributed by atoms with van der Waals surface area (Å²) >= 11 is 0. The monoisotopic (exact) mass is 99.0 g/mol. The van der Waals surface area contributed by atoms with Gasteiger partial charge in [0.1, 0.15) is 6.26 Å².